The van der Waals surface area contributed by atoms with Crippen molar-refractivity contribution in [2.45, 2.75) is 11.3 Å². The minimum absolute atomic E-state index is 0.115. The zero-order valence-corrected chi connectivity index (χ0v) is 13.6. The van der Waals surface area contributed by atoms with Gasteiger partial charge in [0.2, 0.25) is 0 Å². The second kappa shape index (κ2) is 6.43. The van der Waals surface area contributed by atoms with E-state index in [9.17, 15) is 13.2 Å². The molecule has 1 unspecified atom stereocenters. The van der Waals surface area contributed by atoms with Crippen molar-refractivity contribution in [3.05, 3.63) is 28.2 Å². The number of amides is 1. The van der Waals surface area contributed by atoms with Crippen LogP contribution in [0.5, 0.6) is 0 Å². The van der Waals surface area contributed by atoms with Crippen molar-refractivity contribution >= 4 is 41.6 Å². The maximum absolute atomic E-state index is 12.0. The number of carbonyl (C=O) groups excluding carboxylic acids is 1. The molecule has 8 heteroatoms. The highest BCUT2D eigenvalue weighted by atomic mass is 79.9. The predicted octanol–water partition coefficient (Wildman–Crippen LogP) is 2.14. The molecule has 1 N–H and O–H groups in total. The van der Waals surface area contributed by atoms with Gasteiger partial charge in [-0.1, -0.05) is 0 Å². The maximum Gasteiger partial charge on any atom is 0.262 e. The molecule has 0 aromatic heterocycles. The number of halogens is 2. The van der Waals surface area contributed by atoms with E-state index in [4.69, 9.17) is 15.4 Å². The summed E-state index contributed by atoms with van der Waals surface area (Å²) in [7, 11) is 1.42. The van der Waals surface area contributed by atoms with Gasteiger partial charge in [0, 0.05) is 39.8 Å². The van der Waals surface area contributed by atoms with Crippen molar-refractivity contribution in [1.29, 1.82) is 0 Å². The lowest BCUT2D eigenvalue weighted by Gasteiger charge is -2.10. The Bertz CT molecular complexity index is 614. The van der Waals surface area contributed by atoms with Crippen LogP contribution in [0.15, 0.2) is 27.6 Å². The van der Waals surface area contributed by atoms with E-state index in [-0.39, 0.29) is 16.4 Å². The van der Waals surface area contributed by atoms with Crippen LogP contribution in [-0.4, -0.2) is 34.1 Å². The molecule has 1 aromatic rings. The van der Waals surface area contributed by atoms with Gasteiger partial charge in [0.25, 0.3) is 15.0 Å². The van der Waals surface area contributed by atoms with Gasteiger partial charge < -0.3 is 10.1 Å². The number of nitrogens with one attached hydrogen (secondary N) is 1. The fourth-order valence-corrected chi connectivity index (χ4v) is 4.03. The Labute approximate surface area is 130 Å². The quantitative estimate of drug-likeness (QED) is 0.810. The van der Waals surface area contributed by atoms with Gasteiger partial charge in [-0.25, -0.2) is 8.42 Å². The van der Waals surface area contributed by atoms with Gasteiger partial charge in [-0.2, -0.15) is 0 Å². The van der Waals surface area contributed by atoms with Crippen molar-refractivity contribution in [1.82, 2.24) is 5.32 Å². The second-order valence-corrected chi connectivity index (χ2v) is 7.91. The van der Waals surface area contributed by atoms with Crippen LogP contribution in [0.25, 0.3) is 0 Å². The molecule has 5 nitrogen and oxygen atoms in total. The van der Waals surface area contributed by atoms with E-state index in [1.54, 1.807) is 0 Å². The van der Waals surface area contributed by atoms with Gasteiger partial charge in [-0.3, -0.25) is 4.79 Å². The van der Waals surface area contributed by atoms with Gasteiger partial charge in [-0.15, -0.1) is 0 Å². The lowest BCUT2D eigenvalue weighted by Crippen LogP contribution is -2.29. The molecule has 0 saturated carbocycles. The molecular weight excluding hydrogens is 370 g/mol. The molecule has 2 rings (SSSR count). The first-order chi connectivity index (χ1) is 9.38. The Balaban J connectivity index is 2.10. The van der Waals surface area contributed by atoms with E-state index >= 15 is 0 Å². The molecule has 1 saturated heterocycles. The third-order valence-electron chi connectivity index (χ3n) is 3.03. The number of rotatable bonds is 4. The van der Waals surface area contributed by atoms with Crippen LogP contribution >= 0.6 is 26.6 Å². The molecule has 0 bridgehead atoms. The molecule has 1 amide bonds. The van der Waals surface area contributed by atoms with Gasteiger partial charge in [0.05, 0.1) is 11.5 Å². The SMILES string of the molecule is O=C(NCC1CCOC1)c1ccc(Br)c(S(=O)(=O)Cl)c1. The number of benzene rings is 1. The lowest BCUT2D eigenvalue weighted by atomic mass is 10.1. The largest absolute Gasteiger partial charge is 0.381 e. The first kappa shape index (κ1) is 15.8. The Morgan fingerprint density at radius 3 is 2.85 bits per heavy atom. The molecule has 20 heavy (non-hydrogen) atoms. The zero-order valence-electron chi connectivity index (χ0n) is 10.4. The maximum atomic E-state index is 12.0. The molecule has 1 aromatic carbocycles. The Morgan fingerprint density at radius 1 is 1.50 bits per heavy atom. The van der Waals surface area contributed by atoms with Crippen molar-refractivity contribution < 1.29 is 17.9 Å². The van der Waals surface area contributed by atoms with Crippen LogP contribution in [0.2, 0.25) is 0 Å². The van der Waals surface area contributed by atoms with Crippen LogP contribution in [0.3, 0.4) is 0 Å². The van der Waals surface area contributed by atoms with Crippen LogP contribution in [-0.2, 0) is 13.8 Å². The Morgan fingerprint density at radius 2 is 2.25 bits per heavy atom. The molecule has 0 aliphatic carbocycles. The average Bonchev–Trinajstić information content (AvgIpc) is 2.88. The Hall–Kier alpha value is -0.630. The summed E-state index contributed by atoms with van der Waals surface area (Å²) >= 11 is 3.10. The summed E-state index contributed by atoms with van der Waals surface area (Å²) in [5.74, 6) is -0.0170. The van der Waals surface area contributed by atoms with Crippen LogP contribution in [0.1, 0.15) is 16.8 Å². The molecule has 1 aliphatic rings. The molecule has 1 fully saturated rings. The van der Waals surface area contributed by atoms with Crippen LogP contribution in [0.4, 0.5) is 0 Å². The van der Waals surface area contributed by atoms with E-state index < -0.39 is 9.05 Å². The third kappa shape index (κ3) is 3.94. The standard InChI is InChI=1S/C12H13BrClNO4S/c13-10-2-1-9(5-11(10)20(14,17)18)12(16)15-6-8-3-4-19-7-8/h1-2,5,8H,3-4,6-7H2,(H,15,16). The first-order valence-corrected chi connectivity index (χ1v) is 9.08. The highest BCUT2D eigenvalue weighted by Crippen LogP contribution is 2.26. The molecule has 0 radical (unpaired) electrons. The number of carbonyl (C=O) groups is 1. The molecule has 1 atom stereocenters. The fraction of sp³-hybridized carbons (Fsp3) is 0.417. The number of hydrogen-bond donors (Lipinski definition) is 1. The van der Waals surface area contributed by atoms with Crippen molar-refractivity contribution in [3.63, 3.8) is 0 Å². The molecule has 1 heterocycles. The van der Waals surface area contributed by atoms with Crippen molar-refractivity contribution in [2.24, 2.45) is 5.92 Å². The van der Waals surface area contributed by atoms with E-state index in [1.807, 2.05) is 0 Å². The second-order valence-electron chi connectivity index (χ2n) is 4.52. The smallest absolute Gasteiger partial charge is 0.262 e. The van der Waals surface area contributed by atoms with Crippen LogP contribution in [0, 0.1) is 5.92 Å². The minimum atomic E-state index is -3.89. The van der Waals surface area contributed by atoms with E-state index in [2.05, 4.69) is 21.2 Å². The summed E-state index contributed by atoms with van der Waals surface area (Å²) < 4.78 is 28.3. The zero-order chi connectivity index (χ0) is 14.8. The number of hydrogen-bond acceptors (Lipinski definition) is 4. The molecule has 110 valence electrons. The first-order valence-electron chi connectivity index (χ1n) is 5.98. The summed E-state index contributed by atoms with van der Waals surface area (Å²) in [5, 5.41) is 2.77. The fourth-order valence-electron chi connectivity index (χ4n) is 1.91. The van der Waals surface area contributed by atoms with E-state index in [0.717, 1.165) is 6.42 Å². The van der Waals surface area contributed by atoms with Gasteiger partial charge >= 0.3 is 0 Å². The summed E-state index contributed by atoms with van der Waals surface area (Å²) in [4.78, 5) is 11.9. The van der Waals surface area contributed by atoms with E-state index in [1.165, 1.54) is 18.2 Å². The summed E-state index contributed by atoms with van der Waals surface area (Å²) in [6, 6.07) is 4.28. The van der Waals surface area contributed by atoms with Crippen LogP contribution < -0.4 is 5.32 Å². The van der Waals surface area contributed by atoms with Gasteiger partial charge in [0.1, 0.15) is 0 Å². The summed E-state index contributed by atoms with van der Waals surface area (Å²) in [6.45, 7) is 1.87. The van der Waals surface area contributed by atoms with Crippen molar-refractivity contribution in [3.8, 4) is 0 Å². The average molecular weight is 383 g/mol. The van der Waals surface area contributed by atoms with Gasteiger partial charge in [0.15, 0.2) is 0 Å². The van der Waals surface area contributed by atoms with Crippen molar-refractivity contribution in [2.75, 3.05) is 19.8 Å². The monoisotopic (exact) mass is 381 g/mol. The molecular formula is C12H13BrClNO4S. The lowest BCUT2D eigenvalue weighted by molar-refractivity contribution is 0.0944. The summed E-state index contributed by atoms with van der Waals surface area (Å²) in [6.07, 6.45) is 0.919. The highest BCUT2D eigenvalue weighted by Gasteiger charge is 2.19. The predicted molar refractivity (Wildman–Crippen MR) is 78.4 cm³/mol. The Kier molecular flexibility index (Phi) is 5.06. The minimum Gasteiger partial charge on any atom is -0.381 e. The topological polar surface area (TPSA) is 72.5 Å². The molecule has 1 aliphatic heterocycles. The van der Waals surface area contributed by atoms with E-state index in [0.29, 0.717) is 30.1 Å². The van der Waals surface area contributed by atoms with Gasteiger partial charge in [-0.05, 0) is 40.5 Å². The normalized spacial score (nSPS) is 19.0. The highest BCUT2D eigenvalue weighted by molar-refractivity contribution is 9.10. The summed E-state index contributed by atoms with van der Waals surface area (Å²) in [5.41, 5.74) is 0.256. The third-order valence-corrected chi connectivity index (χ3v) is 5.35. The number of ether oxygens (including phenoxy) is 1. The molecule has 0 spiro atoms.